The molecule has 0 unspecified atom stereocenters. The normalized spacial score (nSPS) is 10.9. The number of anilines is 1. The molecule has 0 atom stereocenters. The fraction of sp³-hybridized carbons (Fsp3) is 0.250. The first-order valence-corrected chi connectivity index (χ1v) is 7.58. The van der Waals surface area contributed by atoms with Gasteiger partial charge >= 0.3 is 0 Å². The topological polar surface area (TPSA) is 35.2 Å². The first kappa shape index (κ1) is 15.2. The van der Waals surface area contributed by atoms with Crippen LogP contribution in [0.25, 0.3) is 0 Å². The van der Waals surface area contributed by atoms with Gasteiger partial charge in [0.2, 0.25) is 0 Å². The van der Waals surface area contributed by atoms with E-state index in [0.29, 0.717) is 11.6 Å². The van der Waals surface area contributed by atoms with Crippen molar-refractivity contribution in [2.45, 2.75) is 26.7 Å². The number of hydrogen-bond acceptors (Lipinski definition) is 2. The number of rotatable bonds is 3. The van der Waals surface area contributed by atoms with Gasteiger partial charge in [-0.2, -0.15) is 0 Å². The van der Waals surface area contributed by atoms with Crippen molar-refractivity contribution in [2.24, 2.45) is 0 Å². The molecule has 4 heteroatoms. The maximum atomic E-state index is 6.27. The van der Waals surface area contributed by atoms with Crippen LogP contribution >= 0.6 is 27.5 Å². The molecule has 0 heterocycles. The Balaban J connectivity index is 2.40. The van der Waals surface area contributed by atoms with Gasteiger partial charge in [0.15, 0.2) is 0 Å². The second kappa shape index (κ2) is 6.06. The number of halogens is 2. The number of nitrogen functional groups attached to an aromatic ring is 1. The van der Waals surface area contributed by atoms with Gasteiger partial charge in [0.05, 0.1) is 4.47 Å². The van der Waals surface area contributed by atoms with Gasteiger partial charge in [-0.3, -0.25) is 0 Å². The molecule has 0 aromatic heterocycles. The maximum Gasteiger partial charge on any atom is 0.141 e. The molecule has 0 aliphatic heterocycles. The largest absolute Gasteiger partial charge is 0.456 e. The van der Waals surface area contributed by atoms with Gasteiger partial charge < -0.3 is 10.5 Å². The quantitative estimate of drug-likeness (QED) is 0.695. The number of benzene rings is 2. The number of nitrogens with two attached hydrogens (primary N) is 1. The molecule has 2 rings (SSSR count). The summed E-state index contributed by atoms with van der Waals surface area (Å²) >= 11 is 9.73. The Labute approximate surface area is 133 Å². The third kappa shape index (κ3) is 3.28. The SMILES string of the molecule is Cc1cc(Cl)c(C(C)C)cc1Oc1ccc(N)cc1Br. The molecule has 106 valence electrons. The van der Waals surface area contributed by atoms with E-state index >= 15 is 0 Å². The zero-order valence-corrected chi connectivity index (χ0v) is 14.0. The minimum Gasteiger partial charge on any atom is -0.456 e. The third-order valence-corrected chi connectivity index (χ3v) is 4.04. The lowest BCUT2D eigenvalue weighted by Crippen LogP contribution is -1.95. The summed E-state index contributed by atoms with van der Waals surface area (Å²) < 4.78 is 6.81. The van der Waals surface area contributed by atoms with Gasteiger partial charge in [0.25, 0.3) is 0 Å². The van der Waals surface area contributed by atoms with Crippen molar-refractivity contribution < 1.29 is 4.74 Å². The van der Waals surface area contributed by atoms with Gasteiger partial charge in [-0.15, -0.1) is 0 Å². The van der Waals surface area contributed by atoms with Crippen molar-refractivity contribution in [2.75, 3.05) is 5.73 Å². The third-order valence-electron chi connectivity index (χ3n) is 3.09. The fourth-order valence-electron chi connectivity index (χ4n) is 1.94. The van der Waals surface area contributed by atoms with Crippen molar-refractivity contribution in [3.05, 3.63) is 51.0 Å². The molecule has 0 saturated heterocycles. The van der Waals surface area contributed by atoms with Crippen LogP contribution in [0.2, 0.25) is 5.02 Å². The zero-order chi connectivity index (χ0) is 14.9. The van der Waals surface area contributed by atoms with Crippen LogP contribution in [0.15, 0.2) is 34.8 Å². The zero-order valence-electron chi connectivity index (χ0n) is 11.7. The van der Waals surface area contributed by atoms with E-state index < -0.39 is 0 Å². The number of aryl methyl sites for hydroxylation is 1. The standard InChI is InChI=1S/C16H17BrClNO/c1-9(2)12-8-16(10(3)6-14(12)18)20-15-5-4-11(19)7-13(15)17/h4-9H,19H2,1-3H3. The predicted molar refractivity (Wildman–Crippen MR) is 88.9 cm³/mol. The predicted octanol–water partition coefficient (Wildman–Crippen LogP) is 5.91. The van der Waals surface area contributed by atoms with Gasteiger partial charge in [-0.25, -0.2) is 0 Å². The van der Waals surface area contributed by atoms with Crippen molar-refractivity contribution in [3.63, 3.8) is 0 Å². The Kier molecular flexibility index (Phi) is 4.61. The number of hydrogen-bond donors (Lipinski definition) is 1. The molecule has 0 aliphatic rings. The minimum atomic E-state index is 0.348. The summed E-state index contributed by atoms with van der Waals surface area (Å²) in [6.07, 6.45) is 0. The maximum absolute atomic E-state index is 6.27. The molecule has 2 aromatic rings. The summed E-state index contributed by atoms with van der Waals surface area (Å²) in [5.74, 6) is 1.89. The van der Waals surface area contributed by atoms with E-state index in [-0.39, 0.29) is 0 Å². The van der Waals surface area contributed by atoms with Crippen LogP contribution in [-0.4, -0.2) is 0 Å². The molecule has 20 heavy (non-hydrogen) atoms. The van der Waals surface area contributed by atoms with Crippen molar-refractivity contribution >= 4 is 33.2 Å². The molecule has 0 saturated carbocycles. The Morgan fingerprint density at radius 1 is 1.15 bits per heavy atom. The first-order valence-electron chi connectivity index (χ1n) is 6.41. The van der Waals surface area contributed by atoms with Gasteiger partial charge in [0.1, 0.15) is 11.5 Å². The van der Waals surface area contributed by atoms with Crippen LogP contribution in [0.4, 0.5) is 5.69 Å². The highest BCUT2D eigenvalue weighted by Gasteiger charge is 2.12. The summed E-state index contributed by atoms with van der Waals surface area (Å²) in [5, 5.41) is 0.779. The highest BCUT2D eigenvalue weighted by Crippen LogP contribution is 2.36. The monoisotopic (exact) mass is 353 g/mol. The van der Waals surface area contributed by atoms with E-state index in [1.807, 2.05) is 37.3 Å². The van der Waals surface area contributed by atoms with Gasteiger partial charge in [-0.1, -0.05) is 25.4 Å². The molecule has 2 aromatic carbocycles. The molecule has 0 fully saturated rings. The summed E-state index contributed by atoms with van der Waals surface area (Å²) in [4.78, 5) is 0. The van der Waals surface area contributed by atoms with Crippen LogP contribution in [-0.2, 0) is 0 Å². The lowest BCUT2D eigenvalue weighted by molar-refractivity contribution is 0.475. The van der Waals surface area contributed by atoms with E-state index in [1.165, 1.54) is 0 Å². The molecule has 0 amide bonds. The average Bonchev–Trinajstić information content (AvgIpc) is 2.35. The fourth-order valence-corrected chi connectivity index (χ4v) is 2.85. The first-order chi connectivity index (χ1) is 9.38. The molecular weight excluding hydrogens is 338 g/mol. The molecule has 0 radical (unpaired) electrons. The van der Waals surface area contributed by atoms with Gasteiger partial charge in [-0.05, 0) is 70.2 Å². The summed E-state index contributed by atoms with van der Waals surface area (Å²) in [7, 11) is 0. The van der Waals surface area contributed by atoms with E-state index in [0.717, 1.165) is 32.1 Å². The summed E-state index contributed by atoms with van der Waals surface area (Å²) in [5.41, 5.74) is 8.51. The summed E-state index contributed by atoms with van der Waals surface area (Å²) in [6.45, 7) is 6.20. The lowest BCUT2D eigenvalue weighted by Gasteiger charge is -2.15. The molecular formula is C16H17BrClNO. The molecule has 2 N–H and O–H groups in total. The van der Waals surface area contributed by atoms with Crippen molar-refractivity contribution in [3.8, 4) is 11.5 Å². The Hall–Kier alpha value is -1.19. The van der Waals surface area contributed by atoms with Crippen LogP contribution in [0.3, 0.4) is 0 Å². The average molecular weight is 355 g/mol. The Morgan fingerprint density at radius 2 is 1.85 bits per heavy atom. The van der Waals surface area contributed by atoms with Gasteiger partial charge in [0, 0.05) is 10.7 Å². The lowest BCUT2D eigenvalue weighted by atomic mass is 10.0. The van der Waals surface area contributed by atoms with Crippen LogP contribution in [0.5, 0.6) is 11.5 Å². The van der Waals surface area contributed by atoms with E-state index in [1.54, 1.807) is 0 Å². The van der Waals surface area contributed by atoms with Crippen molar-refractivity contribution in [1.82, 2.24) is 0 Å². The molecule has 0 aliphatic carbocycles. The van der Waals surface area contributed by atoms with E-state index in [2.05, 4.69) is 29.8 Å². The second-order valence-electron chi connectivity index (χ2n) is 5.09. The number of ether oxygens (including phenoxy) is 1. The molecule has 0 spiro atoms. The van der Waals surface area contributed by atoms with Crippen LogP contribution in [0.1, 0.15) is 30.9 Å². The Bertz CT molecular complexity index is 641. The minimum absolute atomic E-state index is 0.348. The Morgan fingerprint density at radius 3 is 2.45 bits per heavy atom. The highest BCUT2D eigenvalue weighted by atomic mass is 79.9. The highest BCUT2D eigenvalue weighted by molar-refractivity contribution is 9.10. The van der Waals surface area contributed by atoms with Crippen molar-refractivity contribution in [1.29, 1.82) is 0 Å². The van der Waals surface area contributed by atoms with Crippen LogP contribution < -0.4 is 10.5 Å². The molecule has 2 nitrogen and oxygen atoms in total. The summed E-state index contributed by atoms with van der Waals surface area (Å²) in [6, 6.07) is 9.43. The smallest absolute Gasteiger partial charge is 0.141 e. The van der Waals surface area contributed by atoms with E-state index in [9.17, 15) is 0 Å². The van der Waals surface area contributed by atoms with Crippen LogP contribution in [0, 0.1) is 6.92 Å². The van der Waals surface area contributed by atoms with E-state index in [4.69, 9.17) is 22.1 Å². The molecule has 0 bridgehead atoms. The second-order valence-corrected chi connectivity index (χ2v) is 6.35.